The van der Waals surface area contributed by atoms with Crippen molar-refractivity contribution in [2.75, 3.05) is 19.6 Å². The average Bonchev–Trinajstić information content (AvgIpc) is 1.52. The van der Waals surface area contributed by atoms with Crippen molar-refractivity contribution < 1.29 is 8.83 Å². The molecule has 0 radical (unpaired) electrons. The molecule has 2 heterocycles. The number of aryl methyl sites for hydroxylation is 4. The first kappa shape index (κ1) is 58.0. The van der Waals surface area contributed by atoms with Gasteiger partial charge in [-0.05, 0) is 219 Å². The molecule has 0 aliphatic carbocycles. The Labute approximate surface area is 568 Å². The van der Waals surface area contributed by atoms with E-state index in [0.29, 0.717) is 0 Å². The van der Waals surface area contributed by atoms with Crippen LogP contribution in [0.25, 0.3) is 98.1 Å². The Kier molecular flexibility index (Phi) is 14.0. The van der Waals surface area contributed by atoms with Gasteiger partial charge in [0.05, 0.1) is 22.7 Å². The highest BCUT2D eigenvalue weighted by Crippen LogP contribution is 2.55. The van der Waals surface area contributed by atoms with Crippen LogP contribution < -0.4 is 19.6 Å². The van der Waals surface area contributed by atoms with E-state index in [-0.39, 0.29) is 0 Å². The van der Waals surface area contributed by atoms with Crippen molar-refractivity contribution >= 4 is 155 Å². The summed E-state index contributed by atoms with van der Waals surface area (Å²) in [6.07, 6.45) is 0. The Morgan fingerprint density at radius 3 is 0.959 bits per heavy atom. The number of nitrogens with zero attached hydrogens (tertiary/aromatic N) is 4. The lowest BCUT2D eigenvalue weighted by atomic mass is 9.95. The largest absolute Gasteiger partial charge is 0.452 e. The molecular formula is C92H66N4O2. The second-order valence-electron chi connectivity index (χ2n) is 25.8. The zero-order chi connectivity index (χ0) is 65.5. The fraction of sp³-hybridized carbons (Fsp3) is 0.0435. The van der Waals surface area contributed by atoms with Crippen molar-refractivity contribution in [2.24, 2.45) is 0 Å². The van der Waals surface area contributed by atoms with Crippen LogP contribution in [0.4, 0.5) is 68.2 Å². The maximum absolute atomic E-state index is 7.70. The van der Waals surface area contributed by atoms with Gasteiger partial charge in [0.2, 0.25) is 0 Å². The summed E-state index contributed by atoms with van der Waals surface area (Å²) >= 11 is 0. The molecule has 6 heteroatoms. The maximum Gasteiger partial charge on any atom is 0.160 e. The molecule has 0 bridgehead atoms. The van der Waals surface area contributed by atoms with Crippen molar-refractivity contribution in [2.45, 2.75) is 27.7 Å². The second kappa shape index (κ2) is 23.7. The van der Waals surface area contributed by atoms with Gasteiger partial charge in [-0.15, -0.1) is 0 Å². The van der Waals surface area contributed by atoms with Crippen LogP contribution in [0.15, 0.2) is 336 Å². The third kappa shape index (κ3) is 9.63. The molecule has 0 unspecified atom stereocenters. The van der Waals surface area contributed by atoms with Gasteiger partial charge < -0.3 is 28.4 Å². The van der Waals surface area contributed by atoms with Crippen molar-refractivity contribution in [1.29, 1.82) is 0 Å². The van der Waals surface area contributed by atoms with Crippen LogP contribution in [0.5, 0.6) is 0 Å². The molecule has 466 valence electrons. The first-order valence-electron chi connectivity index (χ1n) is 33.6. The monoisotopic (exact) mass is 1260 g/mol. The van der Waals surface area contributed by atoms with Crippen molar-refractivity contribution in [3.05, 3.63) is 350 Å². The zero-order valence-electron chi connectivity index (χ0n) is 54.8. The van der Waals surface area contributed by atoms with Crippen LogP contribution in [0.3, 0.4) is 0 Å². The summed E-state index contributed by atoms with van der Waals surface area (Å²) in [5.41, 5.74) is 22.3. The summed E-state index contributed by atoms with van der Waals surface area (Å²) in [7, 11) is 0. The molecule has 98 heavy (non-hydrogen) atoms. The number of hydrogen-bond acceptors (Lipinski definition) is 6. The molecule has 18 aromatic rings. The van der Waals surface area contributed by atoms with Crippen molar-refractivity contribution in [3.8, 4) is 11.1 Å². The highest BCUT2D eigenvalue weighted by molar-refractivity contribution is 6.33. The summed E-state index contributed by atoms with van der Waals surface area (Å²) in [6, 6.07) is 118. The van der Waals surface area contributed by atoms with E-state index in [1.807, 2.05) is 0 Å². The number of benzene rings is 16. The highest BCUT2D eigenvalue weighted by atomic mass is 16.3. The Morgan fingerprint density at radius 1 is 0.214 bits per heavy atom. The van der Waals surface area contributed by atoms with Crippen LogP contribution in [-0.2, 0) is 0 Å². The van der Waals surface area contributed by atoms with Crippen LogP contribution >= 0.6 is 0 Å². The molecule has 2 aromatic heterocycles. The normalized spacial score (nSPS) is 11.7. The molecule has 0 N–H and O–H groups in total. The number of para-hydroxylation sites is 5. The summed E-state index contributed by atoms with van der Waals surface area (Å²) in [5.74, 6) is 0. The van der Waals surface area contributed by atoms with E-state index in [4.69, 9.17) is 8.83 Å². The molecule has 0 saturated heterocycles. The predicted octanol–water partition coefficient (Wildman–Crippen LogP) is 26.9. The molecule has 0 fully saturated rings. The molecule has 18 rings (SSSR count). The highest BCUT2D eigenvalue weighted by Gasteiger charge is 2.31. The second-order valence-corrected chi connectivity index (χ2v) is 25.8. The maximum atomic E-state index is 7.70. The molecule has 0 aliphatic rings. The zero-order valence-corrected chi connectivity index (χ0v) is 54.8. The number of furan rings is 2. The summed E-state index contributed by atoms with van der Waals surface area (Å²) < 4.78 is 15.4. The summed E-state index contributed by atoms with van der Waals surface area (Å²) in [5, 5.41) is 13.4. The molecule has 0 aliphatic heterocycles. The van der Waals surface area contributed by atoms with E-state index < -0.39 is 0 Å². The molecule has 0 spiro atoms. The fourth-order valence-electron chi connectivity index (χ4n) is 15.3. The van der Waals surface area contributed by atoms with Crippen molar-refractivity contribution in [1.82, 2.24) is 0 Å². The molecular weight excluding hydrogens is 1190 g/mol. The van der Waals surface area contributed by atoms with Crippen LogP contribution in [-0.4, -0.2) is 0 Å². The lowest BCUT2D eigenvalue weighted by Crippen LogP contribution is -2.12. The Hall–Kier alpha value is -12.6. The van der Waals surface area contributed by atoms with E-state index >= 15 is 0 Å². The minimum atomic E-state index is 0.810. The number of anilines is 12. The molecule has 6 nitrogen and oxygen atoms in total. The van der Waals surface area contributed by atoms with Crippen LogP contribution in [0.1, 0.15) is 22.3 Å². The SMILES string of the molecule is Cc1cccc(N(c2ccccc2)c2cc3ccccc3c3c2oc2c(N(c4ccccc4)c4ccc(-c5ccc(N(c6ccccc6)c6cc7ccccc7c7c6oc6c(N(c8ccccc8)c8ccccc8C)cc8ccccc8c67)c(C)c5)c(C)c4)cc4ccccc4c23)c1. The van der Waals surface area contributed by atoms with Gasteiger partial charge in [-0.25, -0.2) is 0 Å². The Bertz CT molecular complexity index is 6140. The molecule has 16 aromatic carbocycles. The van der Waals surface area contributed by atoms with Gasteiger partial charge in [0, 0.05) is 67.0 Å². The fourth-order valence-corrected chi connectivity index (χ4v) is 15.3. The van der Waals surface area contributed by atoms with Gasteiger partial charge in [0.25, 0.3) is 0 Å². The molecule has 0 atom stereocenters. The minimum Gasteiger partial charge on any atom is -0.452 e. The predicted molar refractivity (Wildman–Crippen MR) is 414 cm³/mol. The van der Waals surface area contributed by atoms with Gasteiger partial charge in [-0.2, -0.15) is 0 Å². The van der Waals surface area contributed by atoms with Crippen molar-refractivity contribution in [3.63, 3.8) is 0 Å². The van der Waals surface area contributed by atoms with E-state index in [2.05, 4.69) is 375 Å². The van der Waals surface area contributed by atoms with E-state index in [9.17, 15) is 0 Å². The topological polar surface area (TPSA) is 39.2 Å². The lowest BCUT2D eigenvalue weighted by Gasteiger charge is -2.28. The van der Waals surface area contributed by atoms with Gasteiger partial charge >= 0.3 is 0 Å². The molecule has 0 amide bonds. The number of hydrogen-bond donors (Lipinski definition) is 0. The van der Waals surface area contributed by atoms with Crippen LogP contribution in [0.2, 0.25) is 0 Å². The first-order valence-corrected chi connectivity index (χ1v) is 33.6. The molecule has 0 saturated carbocycles. The number of fused-ring (bicyclic) bond motifs is 14. The summed E-state index contributed by atoms with van der Waals surface area (Å²) in [6.45, 7) is 8.82. The third-order valence-corrected chi connectivity index (χ3v) is 19.7. The first-order chi connectivity index (χ1) is 48.3. The number of rotatable bonds is 13. The van der Waals surface area contributed by atoms with Gasteiger partial charge in [-0.3, -0.25) is 0 Å². The Balaban J connectivity index is 0.803. The van der Waals surface area contributed by atoms with Crippen LogP contribution in [0, 0.1) is 27.7 Å². The van der Waals surface area contributed by atoms with Gasteiger partial charge in [0.1, 0.15) is 0 Å². The van der Waals surface area contributed by atoms with Gasteiger partial charge in [0.15, 0.2) is 22.3 Å². The minimum absolute atomic E-state index is 0.810. The summed E-state index contributed by atoms with van der Waals surface area (Å²) in [4.78, 5) is 9.50. The smallest absolute Gasteiger partial charge is 0.160 e. The van der Waals surface area contributed by atoms with E-state index in [1.54, 1.807) is 0 Å². The van der Waals surface area contributed by atoms with Gasteiger partial charge in [-0.1, -0.05) is 212 Å². The Morgan fingerprint density at radius 2 is 0.561 bits per heavy atom. The quantitative estimate of drug-likeness (QED) is 0.115. The lowest BCUT2D eigenvalue weighted by molar-refractivity contribution is 0.669. The van der Waals surface area contributed by atoms with E-state index in [0.717, 1.165) is 183 Å². The van der Waals surface area contributed by atoms with E-state index in [1.165, 1.54) is 5.56 Å². The third-order valence-electron chi connectivity index (χ3n) is 19.7. The standard InChI is InChI=1S/C92H66N4O2/c1-59-28-27-42-72(52-59)93(68-34-9-5-10-35-68)81-55-63-30-18-22-43-75(63)85-86-76-44-23-19-31-64(76)56-82(90(86)97-89(81)85)94(69-36-11-6-12-37-69)73-49-50-74(61(3)54-73)67-48-51-80(62(4)53-67)96(71-40-15-8-16-41-71)84-58-66-33-21-25-46-78(66)88-87-77-45-24-20-32-65(77)57-83(91(87)98-92(84)88)95(70-38-13-7-14-39-70)79-47-26-17-29-60(79)2/h5-58H,1-4H3. The average molecular weight is 1260 g/mol.